The molecule has 3 rings (SSSR count). The highest BCUT2D eigenvalue weighted by molar-refractivity contribution is 6.39. The van der Waals surface area contributed by atoms with E-state index in [1.807, 2.05) is 30.3 Å². The van der Waals surface area contributed by atoms with E-state index in [0.717, 1.165) is 18.4 Å². The number of Topliss-reactive ketones (excluding diaryl/α,β-unsaturated/α-hetero) is 1. The number of ketones is 1. The van der Waals surface area contributed by atoms with Crippen LogP contribution in [0.4, 0.5) is 0 Å². The molecule has 1 aliphatic carbocycles. The summed E-state index contributed by atoms with van der Waals surface area (Å²) in [6.45, 7) is 2.58. The highest BCUT2D eigenvalue weighted by Crippen LogP contribution is 2.57. The molecular formula is C17H20N2O3. The minimum absolute atomic E-state index is 0.0241. The third-order valence-electron chi connectivity index (χ3n) is 4.61. The molecule has 2 aliphatic rings. The molecule has 5 heteroatoms. The summed E-state index contributed by atoms with van der Waals surface area (Å²) in [6, 6.07) is 8.98. The minimum atomic E-state index is -0.605. The lowest BCUT2D eigenvalue weighted by Crippen LogP contribution is -2.48. The van der Waals surface area contributed by atoms with Crippen molar-refractivity contribution in [3.63, 3.8) is 0 Å². The second kappa shape index (κ2) is 5.55. The molecule has 1 aromatic rings. The van der Waals surface area contributed by atoms with Gasteiger partial charge in [-0.15, -0.1) is 0 Å². The van der Waals surface area contributed by atoms with Gasteiger partial charge in [0.25, 0.3) is 5.91 Å². The Balaban J connectivity index is 1.85. The topological polar surface area (TPSA) is 66.5 Å². The van der Waals surface area contributed by atoms with Gasteiger partial charge >= 0.3 is 0 Å². The van der Waals surface area contributed by atoms with Crippen LogP contribution in [0.5, 0.6) is 0 Å². The molecule has 0 aromatic heterocycles. The van der Waals surface area contributed by atoms with Crippen LogP contribution in [0.2, 0.25) is 0 Å². The molecular weight excluding hydrogens is 280 g/mol. The first-order chi connectivity index (χ1) is 10.6. The number of rotatable bonds is 5. The summed E-state index contributed by atoms with van der Waals surface area (Å²) in [6.07, 6.45) is 2.08. The average Bonchev–Trinajstić information content (AvgIpc) is 3.21. The van der Waals surface area contributed by atoms with Crippen molar-refractivity contribution in [3.05, 3.63) is 35.9 Å². The van der Waals surface area contributed by atoms with Gasteiger partial charge in [-0.3, -0.25) is 14.4 Å². The molecule has 2 amide bonds. The van der Waals surface area contributed by atoms with Crippen LogP contribution in [0.3, 0.4) is 0 Å². The second-order valence-corrected chi connectivity index (χ2v) is 6.17. The van der Waals surface area contributed by atoms with E-state index in [-0.39, 0.29) is 11.3 Å². The Morgan fingerprint density at radius 1 is 1.27 bits per heavy atom. The van der Waals surface area contributed by atoms with E-state index < -0.39 is 17.7 Å². The van der Waals surface area contributed by atoms with Crippen LogP contribution in [0, 0.1) is 5.41 Å². The van der Waals surface area contributed by atoms with Crippen LogP contribution in [0.1, 0.15) is 31.7 Å². The Morgan fingerprint density at radius 2 is 1.95 bits per heavy atom. The summed E-state index contributed by atoms with van der Waals surface area (Å²) in [7, 11) is 0. The molecule has 1 aromatic carbocycles. The van der Waals surface area contributed by atoms with E-state index in [4.69, 9.17) is 0 Å². The van der Waals surface area contributed by atoms with Crippen molar-refractivity contribution >= 4 is 17.6 Å². The molecule has 1 aliphatic heterocycles. The molecule has 116 valence electrons. The lowest BCUT2D eigenvalue weighted by molar-refractivity contribution is -0.143. The normalized spacial score (nSPS) is 22.0. The van der Waals surface area contributed by atoms with Gasteiger partial charge < -0.3 is 10.2 Å². The predicted molar refractivity (Wildman–Crippen MR) is 80.8 cm³/mol. The SMILES string of the molecule is CCNC(=O)C(=O)C1N(Cc2ccccc2)C(=O)CC12CC2. The zero-order chi connectivity index (χ0) is 15.7. The maximum Gasteiger partial charge on any atom is 0.289 e. The number of benzene rings is 1. The van der Waals surface area contributed by atoms with Crippen LogP contribution < -0.4 is 5.32 Å². The van der Waals surface area contributed by atoms with Gasteiger partial charge in [0.05, 0.1) is 0 Å². The van der Waals surface area contributed by atoms with Gasteiger partial charge in [0, 0.05) is 24.9 Å². The number of carbonyl (C=O) groups is 3. The van der Waals surface area contributed by atoms with E-state index in [0.29, 0.717) is 19.5 Å². The molecule has 1 saturated heterocycles. The fraction of sp³-hybridized carbons (Fsp3) is 0.471. The lowest BCUT2D eigenvalue weighted by atomic mass is 9.93. The largest absolute Gasteiger partial charge is 0.350 e. The maximum absolute atomic E-state index is 12.5. The molecule has 0 bridgehead atoms. The van der Waals surface area contributed by atoms with Crippen LogP contribution in [0.25, 0.3) is 0 Å². The first-order valence-corrected chi connectivity index (χ1v) is 7.73. The average molecular weight is 300 g/mol. The van der Waals surface area contributed by atoms with Crippen molar-refractivity contribution in [2.45, 2.75) is 38.8 Å². The Hall–Kier alpha value is -2.17. The standard InChI is InChI=1S/C17H20N2O3/c1-2-18-16(22)14(21)15-17(8-9-17)10-13(20)19(15)11-12-6-4-3-5-7-12/h3-7,15H,2,8-11H2,1H3,(H,18,22). The quantitative estimate of drug-likeness (QED) is 0.833. The molecule has 1 unspecified atom stereocenters. The highest BCUT2D eigenvalue weighted by Gasteiger charge is 2.62. The van der Waals surface area contributed by atoms with E-state index in [1.54, 1.807) is 11.8 Å². The van der Waals surface area contributed by atoms with Crippen molar-refractivity contribution < 1.29 is 14.4 Å². The second-order valence-electron chi connectivity index (χ2n) is 6.17. The molecule has 1 N–H and O–H groups in total. The Morgan fingerprint density at radius 3 is 2.55 bits per heavy atom. The number of likely N-dealkylation sites (tertiary alicyclic amines) is 1. The van der Waals surface area contributed by atoms with Gasteiger partial charge in [0.2, 0.25) is 11.7 Å². The van der Waals surface area contributed by atoms with Crippen molar-refractivity contribution in [2.24, 2.45) is 5.41 Å². The van der Waals surface area contributed by atoms with Crippen molar-refractivity contribution in [2.75, 3.05) is 6.54 Å². The molecule has 1 heterocycles. The van der Waals surface area contributed by atoms with Gasteiger partial charge in [-0.1, -0.05) is 30.3 Å². The number of carbonyl (C=O) groups excluding carboxylic acids is 3. The van der Waals surface area contributed by atoms with E-state index in [1.165, 1.54) is 0 Å². The van der Waals surface area contributed by atoms with Crippen LogP contribution in [0.15, 0.2) is 30.3 Å². The summed E-state index contributed by atoms with van der Waals surface area (Å²) >= 11 is 0. The maximum atomic E-state index is 12.5. The molecule has 1 atom stereocenters. The molecule has 5 nitrogen and oxygen atoms in total. The van der Waals surface area contributed by atoms with Crippen LogP contribution in [-0.2, 0) is 20.9 Å². The number of likely N-dealkylation sites (N-methyl/N-ethyl adjacent to an activating group) is 1. The monoisotopic (exact) mass is 300 g/mol. The van der Waals surface area contributed by atoms with Crippen molar-refractivity contribution in [1.82, 2.24) is 10.2 Å². The first kappa shape index (κ1) is 14.8. The minimum Gasteiger partial charge on any atom is -0.350 e. The number of hydrogen-bond acceptors (Lipinski definition) is 3. The Labute approximate surface area is 129 Å². The van der Waals surface area contributed by atoms with Gasteiger partial charge in [-0.05, 0) is 25.3 Å². The van der Waals surface area contributed by atoms with Crippen LogP contribution >= 0.6 is 0 Å². The number of nitrogens with one attached hydrogen (secondary N) is 1. The van der Waals surface area contributed by atoms with Crippen LogP contribution in [-0.4, -0.2) is 35.1 Å². The van der Waals surface area contributed by atoms with Gasteiger partial charge in [0.15, 0.2) is 0 Å². The van der Waals surface area contributed by atoms with Crippen molar-refractivity contribution in [1.29, 1.82) is 0 Å². The summed E-state index contributed by atoms with van der Waals surface area (Å²) < 4.78 is 0. The summed E-state index contributed by atoms with van der Waals surface area (Å²) in [5.74, 6) is -1.07. The number of nitrogens with zero attached hydrogens (tertiary/aromatic N) is 1. The molecule has 0 radical (unpaired) electrons. The van der Waals surface area contributed by atoms with Crippen molar-refractivity contribution in [3.8, 4) is 0 Å². The van der Waals surface area contributed by atoms with E-state index in [9.17, 15) is 14.4 Å². The highest BCUT2D eigenvalue weighted by atomic mass is 16.2. The third-order valence-corrected chi connectivity index (χ3v) is 4.61. The first-order valence-electron chi connectivity index (χ1n) is 7.73. The smallest absolute Gasteiger partial charge is 0.289 e. The summed E-state index contributed by atoms with van der Waals surface area (Å²) in [4.78, 5) is 38.5. The molecule has 2 fully saturated rings. The zero-order valence-electron chi connectivity index (χ0n) is 12.7. The third kappa shape index (κ3) is 2.51. The number of hydrogen-bond donors (Lipinski definition) is 1. The molecule has 22 heavy (non-hydrogen) atoms. The predicted octanol–water partition coefficient (Wildman–Crippen LogP) is 1.27. The van der Waals surface area contributed by atoms with Gasteiger partial charge in [-0.2, -0.15) is 0 Å². The van der Waals surface area contributed by atoms with Gasteiger partial charge in [-0.25, -0.2) is 0 Å². The van der Waals surface area contributed by atoms with Gasteiger partial charge in [0.1, 0.15) is 6.04 Å². The summed E-state index contributed by atoms with van der Waals surface area (Å²) in [5.41, 5.74) is 0.677. The molecule has 1 spiro atoms. The zero-order valence-corrected chi connectivity index (χ0v) is 12.7. The summed E-state index contributed by atoms with van der Waals surface area (Å²) in [5, 5.41) is 2.56. The number of amides is 2. The Bertz CT molecular complexity index is 608. The lowest BCUT2D eigenvalue weighted by Gasteiger charge is -2.26. The van der Waals surface area contributed by atoms with E-state index >= 15 is 0 Å². The Kier molecular flexibility index (Phi) is 3.72. The van der Waals surface area contributed by atoms with E-state index in [2.05, 4.69) is 5.32 Å². The molecule has 1 saturated carbocycles. The fourth-order valence-corrected chi connectivity index (χ4v) is 3.34. The fourth-order valence-electron chi connectivity index (χ4n) is 3.34.